The predicted octanol–water partition coefficient (Wildman–Crippen LogP) is 5.69. The van der Waals surface area contributed by atoms with Crippen LogP contribution in [0.15, 0.2) is 54.6 Å². The van der Waals surface area contributed by atoms with Crippen LogP contribution in [0.3, 0.4) is 0 Å². The second kappa shape index (κ2) is 9.92. The molecule has 9 heteroatoms. The molecule has 0 saturated carbocycles. The van der Waals surface area contributed by atoms with Crippen molar-refractivity contribution in [3.05, 3.63) is 93.5 Å². The first-order chi connectivity index (χ1) is 16.7. The molecule has 182 valence electrons. The Kier molecular flexibility index (Phi) is 6.93. The van der Waals surface area contributed by atoms with Gasteiger partial charge in [0.1, 0.15) is 5.82 Å². The molecular weight excluding hydrogens is 476 g/mol. The van der Waals surface area contributed by atoms with E-state index in [2.05, 4.69) is 5.32 Å². The molecule has 0 bridgehead atoms. The molecule has 1 aliphatic rings. The number of halogens is 3. The highest BCUT2D eigenvalue weighted by atomic mass is 35.5. The van der Waals surface area contributed by atoms with Gasteiger partial charge in [-0.25, -0.2) is 13.6 Å². The molecule has 6 nitrogen and oxygen atoms in total. The smallest absolute Gasteiger partial charge is 0.325 e. The van der Waals surface area contributed by atoms with Gasteiger partial charge in [-0.05, 0) is 42.8 Å². The molecule has 1 N–H and O–H groups in total. The predicted molar refractivity (Wildman–Crippen MR) is 130 cm³/mol. The van der Waals surface area contributed by atoms with Gasteiger partial charge in [-0.1, -0.05) is 35.9 Å². The quantitative estimate of drug-likeness (QED) is 0.474. The molecule has 35 heavy (non-hydrogen) atoms. The Morgan fingerprint density at radius 1 is 1.14 bits per heavy atom. The van der Waals surface area contributed by atoms with E-state index in [9.17, 15) is 18.4 Å². The van der Waals surface area contributed by atoms with Crippen LogP contribution in [0.25, 0.3) is 0 Å². The van der Waals surface area contributed by atoms with Gasteiger partial charge in [0.2, 0.25) is 0 Å². The molecule has 1 atom stereocenters. The summed E-state index contributed by atoms with van der Waals surface area (Å²) < 4.78 is 33.9. The van der Waals surface area contributed by atoms with Crippen molar-refractivity contribution in [1.82, 2.24) is 10.2 Å². The van der Waals surface area contributed by atoms with Gasteiger partial charge < -0.3 is 15.0 Å². The molecule has 3 amide bonds. The lowest BCUT2D eigenvalue weighted by Crippen LogP contribution is -2.46. The first-order valence-corrected chi connectivity index (χ1v) is 11.3. The standard InChI is InChI=1S/C26H24ClF2N3O3/c1-15-18-11-10-16(25(33)30-13-17-6-4-9-23(35-3)24(17)29)12-22(18)32(26(34)31(15)2)14-19-20(27)7-5-8-21(19)28/h4-12,15H,13-14H2,1-3H3,(H,30,33)/t15-/m0/s1. The number of nitrogens with one attached hydrogen (secondary N) is 1. The number of carbonyl (C=O) groups excluding carboxylic acids is 2. The third-order valence-corrected chi connectivity index (χ3v) is 6.58. The van der Waals surface area contributed by atoms with Crippen LogP contribution >= 0.6 is 11.6 Å². The third-order valence-electron chi connectivity index (χ3n) is 6.23. The second-order valence-corrected chi connectivity index (χ2v) is 8.65. The van der Waals surface area contributed by atoms with Gasteiger partial charge in [-0.15, -0.1) is 0 Å². The Morgan fingerprint density at radius 3 is 2.60 bits per heavy atom. The maximum Gasteiger partial charge on any atom is 0.325 e. The number of amides is 3. The molecule has 0 aromatic heterocycles. The van der Waals surface area contributed by atoms with E-state index >= 15 is 0 Å². The zero-order chi connectivity index (χ0) is 25.3. The van der Waals surface area contributed by atoms with Crippen molar-refractivity contribution in [3.8, 4) is 5.75 Å². The normalized spacial score (nSPS) is 15.1. The van der Waals surface area contributed by atoms with Crippen LogP contribution < -0.4 is 15.0 Å². The first kappa shape index (κ1) is 24.5. The van der Waals surface area contributed by atoms with Gasteiger partial charge in [-0.3, -0.25) is 9.69 Å². The summed E-state index contributed by atoms with van der Waals surface area (Å²) in [6.07, 6.45) is 0. The van der Waals surface area contributed by atoms with Crippen LogP contribution in [-0.4, -0.2) is 31.0 Å². The third kappa shape index (κ3) is 4.66. The van der Waals surface area contributed by atoms with Crippen molar-refractivity contribution < 1.29 is 23.1 Å². The van der Waals surface area contributed by atoms with Crippen molar-refractivity contribution in [1.29, 1.82) is 0 Å². The average molecular weight is 500 g/mol. The highest BCUT2D eigenvalue weighted by molar-refractivity contribution is 6.31. The minimum Gasteiger partial charge on any atom is -0.494 e. The molecule has 1 heterocycles. The molecular formula is C26H24ClF2N3O3. The average Bonchev–Trinajstić information content (AvgIpc) is 2.85. The number of fused-ring (bicyclic) bond motifs is 1. The lowest BCUT2D eigenvalue weighted by atomic mass is 9.98. The number of nitrogens with zero attached hydrogens (tertiary/aromatic N) is 2. The maximum absolute atomic E-state index is 14.5. The fraction of sp³-hybridized carbons (Fsp3) is 0.231. The summed E-state index contributed by atoms with van der Waals surface area (Å²) in [4.78, 5) is 29.0. The number of benzene rings is 3. The van der Waals surface area contributed by atoms with Crippen molar-refractivity contribution in [2.24, 2.45) is 0 Å². The molecule has 3 aromatic rings. The van der Waals surface area contributed by atoms with E-state index < -0.39 is 17.5 Å². The molecule has 0 unspecified atom stereocenters. The molecule has 0 spiro atoms. The number of hydrogen-bond acceptors (Lipinski definition) is 3. The summed E-state index contributed by atoms with van der Waals surface area (Å²) in [5.41, 5.74) is 2.02. The summed E-state index contributed by atoms with van der Waals surface area (Å²) in [5.74, 6) is -1.43. The van der Waals surface area contributed by atoms with Crippen LogP contribution in [0.4, 0.5) is 19.3 Å². The van der Waals surface area contributed by atoms with Crippen LogP contribution in [0.5, 0.6) is 5.75 Å². The fourth-order valence-corrected chi connectivity index (χ4v) is 4.28. The SMILES string of the molecule is COc1cccc(CNC(=O)c2ccc3c(c2)N(Cc2c(F)cccc2Cl)C(=O)N(C)[C@H]3C)c1F. The Morgan fingerprint density at radius 2 is 1.89 bits per heavy atom. The second-order valence-electron chi connectivity index (χ2n) is 8.25. The zero-order valence-electron chi connectivity index (χ0n) is 19.4. The van der Waals surface area contributed by atoms with Crippen molar-refractivity contribution >= 4 is 29.2 Å². The molecule has 0 aliphatic carbocycles. The summed E-state index contributed by atoms with van der Waals surface area (Å²) in [5, 5.41) is 2.90. The van der Waals surface area contributed by atoms with Crippen LogP contribution in [0, 0.1) is 11.6 Å². The Bertz CT molecular complexity index is 1280. The topological polar surface area (TPSA) is 61.9 Å². The van der Waals surface area contributed by atoms with Gasteiger partial charge in [-0.2, -0.15) is 0 Å². The summed E-state index contributed by atoms with van der Waals surface area (Å²) in [7, 11) is 3.03. The Labute approximate surface area is 207 Å². The van der Waals surface area contributed by atoms with E-state index in [1.807, 2.05) is 6.92 Å². The van der Waals surface area contributed by atoms with E-state index in [4.69, 9.17) is 16.3 Å². The number of anilines is 1. The fourth-order valence-electron chi connectivity index (χ4n) is 4.06. The minimum absolute atomic E-state index is 0.0500. The number of methoxy groups -OCH3 is 1. The summed E-state index contributed by atoms with van der Waals surface area (Å²) in [6.45, 7) is 1.72. The Hall–Kier alpha value is -3.65. The number of urea groups is 1. The largest absolute Gasteiger partial charge is 0.494 e. The monoisotopic (exact) mass is 499 g/mol. The van der Waals surface area contributed by atoms with E-state index in [-0.39, 0.29) is 52.6 Å². The highest BCUT2D eigenvalue weighted by Crippen LogP contribution is 2.38. The van der Waals surface area contributed by atoms with Crippen molar-refractivity contribution in [3.63, 3.8) is 0 Å². The lowest BCUT2D eigenvalue weighted by molar-refractivity contribution is 0.0950. The van der Waals surface area contributed by atoms with E-state index in [0.29, 0.717) is 5.69 Å². The van der Waals surface area contributed by atoms with Crippen LogP contribution in [0.1, 0.15) is 40.0 Å². The molecule has 1 aliphatic heterocycles. The van der Waals surface area contributed by atoms with Gasteiger partial charge in [0.05, 0.1) is 25.4 Å². The first-order valence-electron chi connectivity index (χ1n) is 10.9. The summed E-state index contributed by atoms with van der Waals surface area (Å²) in [6, 6.07) is 13.4. The molecule has 0 fully saturated rings. The number of ether oxygens (including phenoxy) is 1. The van der Waals surface area contributed by atoms with E-state index in [1.54, 1.807) is 48.3 Å². The highest BCUT2D eigenvalue weighted by Gasteiger charge is 2.34. The lowest BCUT2D eigenvalue weighted by Gasteiger charge is -2.39. The maximum atomic E-state index is 14.5. The zero-order valence-corrected chi connectivity index (χ0v) is 20.2. The van der Waals surface area contributed by atoms with Crippen molar-refractivity contribution in [2.45, 2.75) is 26.1 Å². The minimum atomic E-state index is -0.545. The van der Waals surface area contributed by atoms with Gasteiger partial charge in [0, 0.05) is 35.3 Å². The molecule has 0 radical (unpaired) electrons. The molecule has 0 saturated heterocycles. The van der Waals surface area contributed by atoms with E-state index in [1.165, 1.54) is 30.2 Å². The van der Waals surface area contributed by atoms with Crippen molar-refractivity contribution in [2.75, 3.05) is 19.1 Å². The summed E-state index contributed by atoms with van der Waals surface area (Å²) >= 11 is 6.21. The number of rotatable bonds is 6. The number of hydrogen-bond donors (Lipinski definition) is 1. The van der Waals surface area contributed by atoms with Gasteiger partial charge >= 0.3 is 6.03 Å². The molecule has 3 aromatic carbocycles. The van der Waals surface area contributed by atoms with Gasteiger partial charge in [0.15, 0.2) is 11.6 Å². The van der Waals surface area contributed by atoms with Crippen LogP contribution in [-0.2, 0) is 13.1 Å². The van der Waals surface area contributed by atoms with Gasteiger partial charge in [0.25, 0.3) is 5.91 Å². The number of carbonyl (C=O) groups is 2. The van der Waals surface area contributed by atoms with E-state index in [0.717, 1.165) is 5.56 Å². The Balaban J connectivity index is 1.64. The van der Waals surface area contributed by atoms with Crippen LogP contribution in [0.2, 0.25) is 5.02 Å². The molecule has 4 rings (SSSR count).